The Morgan fingerprint density at radius 3 is 2.36 bits per heavy atom. The van der Waals surface area contributed by atoms with E-state index in [4.69, 9.17) is 0 Å². The SMILES string of the molecule is CCC[C@H](C)NC(=O)CN1CCN(S(=O)(=O)c2ccc(F)cc2)CC1. The third kappa shape index (κ3) is 5.49. The molecule has 1 fully saturated rings. The third-order valence-electron chi connectivity index (χ3n) is 4.28. The topological polar surface area (TPSA) is 69.7 Å². The van der Waals surface area contributed by atoms with Gasteiger partial charge in [-0.25, -0.2) is 12.8 Å². The quantitative estimate of drug-likeness (QED) is 0.787. The van der Waals surface area contributed by atoms with Gasteiger partial charge in [0.2, 0.25) is 15.9 Å². The summed E-state index contributed by atoms with van der Waals surface area (Å²) in [6.45, 7) is 5.96. The molecule has 0 bridgehead atoms. The van der Waals surface area contributed by atoms with Crippen molar-refractivity contribution in [1.29, 1.82) is 0 Å². The molecule has 1 aliphatic rings. The van der Waals surface area contributed by atoms with Crippen LogP contribution < -0.4 is 5.32 Å². The van der Waals surface area contributed by atoms with E-state index < -0.39 is 15.8 Å². The van der Waals surface area contributed by atoms with Crippen LogP contribution in [0.1, 0.15) is 26.7 Å². The minimum Gasteiger partial charge on any atom is -0.353 e. The summed E-state index contributed by atoms with van der Waals surface area (Å²) in [6.07, 6.45) is 1.96. The van der Waals surface area contributed by atoms with Crippen LogP contribution in [0.5, 0.6) is 0 Å². The summed E-state index contributed by atoms with van der Waals surface area (Å²) in [5.74, 6) is -0.497. The first-order valence-corrected chi connectivity index (χ1v) is 10.0. The number of hydrogen-bond donors (Lipinski definition) is 1. The van der Waals surface area contributed by atoms with Crippen molar-refractivity contribution in [1.82, 2.24) is 14.5 Å². The van der Waals surface area contributed by atoms with Crippen molar-refractivity contribution in [2.45, 2.75) is 37.6 Å². The second-order valence-electron chi connectivity index (χ2n) is 6.39. The first-order chi connectivity index (χ1) is 11.8. The van der Waals surface area contributed by atoms with Gasteiger partial charge in [0.1, 0.15) is 5.82 Å². The molecule has 0 unspecified atom stereocenters. The zero-order chi connectivity index (χ0) is 18.4. The Hall–Kier alpha value is -1.51. The molecule has 2 rings (SSSR count). The van der Waals surface area contributed by atoms with Crippen LogP contribution in [-0.4, -0.2) is 62.3 Å². The van der Waals surface area contributed by atoms with Gasteiger partial charge >= 0.3 is 0 Å². The number of nitrogens with zero attached hydrogens (tertiary/aromatic N) is 2. The molecule has 1 saturated heterocycles. The molecule has 1 aromatic rings. The molecule has 0 aromatic heterocycles. The van der Waals surface area contributed by atoms with Gasteiger partial charge in [0.25, 0.3) is 0 Å². The standard InChI is InChI=1S/C17H26FN3O3S/c1-3-4-14(2)19-17(22)13-20-9-11-21(12-10-20)25(23,24)16-7-5-15(18)6-8-16/h5-8,14H,3-4,9-13H2,1-2H3,(H,19,22)/t14-/m0/s1. The van der Waals surface area contributed by atoms with Crippen molar-refractivity contribution >= 4 is 15.9 Å². The van der Waals surface area contributed by atoms with E-state index in [1.54, 1.807) is 0 Å². The lowest BCUT2D eigenvalue weighted by Crippen LogP contribution is -2.51. The Labute approximate surface area is 149 Å². The highest BCUT2D eigenvalue weighted by Gasteiger charge is 2.29. The Morgan fingerprint density at radius 2 is 1.80 bits per heavy atom. The first-order valence-electron chi connectivity index (χ1n) is 8.60. The van der Waals surface area contributed by atoms with Crippen LogP contribution in [0.4, 0.5) is 4.39 Å². The zero-order valence-electron chi connectivity index (χ0n) is 14.7. The number of carbonyl (C=O) groups is 1. The van der Waals surface area contributed by atoms with Crippen LogP contribution in [0.2, 0.25) is 0 Å². The first kappa shape index (κ1) is 19.8. The molecule has 140 valence electrons. The monoisotopic (exact) mass is 371 g/mol. The van der Waals surface area contributed by atoms with E-state index in [0.29, 0.717) is 26.2 Å². The molecule has 0 radical (unpaired) electrons. The van der Waals surface area contributed by atoms with Gasteiger partial charge in [0.15, 0.2) is 0 Å². The molecule has 0 saturated carbocycles. The minimum absolute atomic E-state index is 0.0317. The largest absolute Gasteiger partial charge is 0.353 e. The predicted octanol–water partition coefficient (Wildman–Crippen LogP) is 1.44. The number of benzene rings is 1. The molecule has 1 aliphatic heterocycles. The zero-order valence-corrected chi connectivity index (χ0v) is 15.6. The average Bonchev–Trinajstić information content (AvgIpc) is 2.55. The summed E-state index contributed by atoms with van der Waals surface area (Å²) >= 11 is 0. The molecule has 1 amide bonds. The van der Waals surface area contributed by atoms with Crippen LogP contribution in [0, 0.1) is 5.82 Å². The smallest absolute Gasteiger partial charge is 0.243 e. The Kier molecular flexibility index (Phi) is 6.92. The lowest BCUT2D eigenvalue weighted by molar-refractivity contribution is -0.123. The molecule has 1 aromatic carbocycles. The van der Waals surface area contributed by atoms with Gasteiger partial charge in [0, 0.05) is 32.2 Å². The highest BCUT2D eigenvalue weighted by Crippen LogP contribution is 2.18. The summed E-state index contributed by atoms with van der Waals surface area (Å²) in [6, 6.07) is 4.99. The van der Waals surface area contributed by atoms with E-state index in [-0.39, 0.29) is 23.4 Å². The summed E-state index contributed by atoms with van der Waals surface area (Å²) in [4.78, 5) is 14.0. The average molecular weight is 371 g/mol. The van der Waals surface area contributed by atoms with Gasteiger partial charge in [-0.3, -0.25) is 9.69 Å². The molecular weight excluding hydrogens is 345 g/mol. The lowest BCUT2D eigenvalue weighted by atomic mass is 10.2. The van der Waals surface area contributed by atoms with Crippen molar-refractivity contribution in [3.63, 3.8) is 0 Å². The maximum Gasteiger partial charge on any atom is 0.243 e. The summed E-state index contributed by atoms with van der Waals surface area (Å²) in [7, 11) is -3.62. The molecular formula is C17H26FN3O3S. The second-order valence-corrected chi connectivity index (χ2v) is 8.33. The number of halogens is 1. The normalized spacial score (nSPS) is 18.0. The molecule has 1 heterocycles. The molecule has 0 spiro atoms. The molecule has 1 N–H and O–H groups in total. The van der Waals surface area contributed by atoms with Crippen molar-refractivity contribution < 1.29 is 17.6 Å². The van der Waals surface area contributed by atoms with Crippen LogP contribution in [0.25, 0.3) is 0 Å². The van der Waals surface area contributed by atoms with E-state index in [9.17, 15) is 17.6 Å². The van der Waals surface area contributed by atoms with Gasteiger partial charge in [-0.05, 0) is 37.6 Å². The number of rotatable bonds is 7. The van der Waals surface area contributed by atoms with Crippen molar-refractivity contribution in [3.8, 4) is 0 Å². The highest BCUT2D eigenvalue weighted by molar-refractivity contribution is 7.89. The van der Waals surface area contributed by atoms with Crippen LogP contribution in [-0.2, 0) is 14.8 Å². The van der Waals surface area contributed by atoms with Gasteiger partial charge in [-0.2, -0.15) is 4.31 Å². The number of piperazine rings is 1. The van der Waals surface area contributed by atoms with Crippen molar-refractivity contribution in [2.24, 2.45) is 0 Å². The third-order valence-corrected chi connectivity index (χ3v) is 6.19. The second kappa shape index (κ2) is 8.73. The number of nitrogens with one attached hydrogen (secondary N) is 1. The van der Waals surface area contributed by atoms with Gasteiger partial charge in [-0.15, -0.1) is 0 Å². The fourth-order valence-corrected chi connectivity index (χ4v) is 4.33. The molecule has 6 nitrogen and oxygen atoms in total. The van der Waals surface area contributed by atoms with Crippen molar-refractivity contribution in [3.05, 3.63) is 30.1 Å². The van der Waals surface area contributed by atoms with E-state index in [2.05, 4.69) is 12.2 Å². The number of amides is 1. The molecule has 1 atom stereocenters. The number of sulfonamides is 1. The summed E-state index contributed by atoms with van der Waals surface area (Å²) in [5.41, 5.74) is 0. The maximum atomic E-state index is 13.0. The summed E-state index contributed by atoms with van der Waals surface area (Å²) < 4.78 is 39.5. The number of hydrogen-bond acceptors (Lipinski definition) is 4. The fraction of sp³-hybridized carbons (Fsp3) is 0.588. The highest BCUT2D eigenvalue weighted by atomic mass is 32.2. The van der Waals surface area contributed by atoms with E-state index >= 15 is 0 Å². The van der Waals surface area contributed by atoms with Gasteiger partial charge < -0.3 is 5.32 Å². The van der Waals surface area contributed by atoms with Crippen LogP contribution >= 0.6 is 0 Å². The van der Waals surface area contributed by atoms with E-state index in [1.165, 1.54) is 16.4 Å². The van der Waals surface area contributed by atoms with Crippen LogP contribution in [0.3, 0.4) is 0 Å². The Balaban J connectivity index is 1.86. The van der Waals surface area contributed by atoms with Gasteiger partial charge in [-0.1, -0.05) is 13.3 Å². The van der Waals surface area contributed by atoms with Gasteiger partial charge in [0.05, 0.1) is 11.4 Å². The van der Waals surface area contributed by atoms with E-state index in [0.717, 1.165) is 25.0 Å². The Morgan fingerprint density at radius 1 is 1.20 bits per heavy atom. The number of carbonyl (C=O) groups excluding carboxylic acids is 1. The molecule has 25 heavy (non-hydrogen) atoms. The van der Waals surface area contributed by atoms with E-state index in [1.807, 2.05) is 11.8 Å². The molecule has 8 heteroatoms. The minimum atomic E-state index is -3.62. The molecule has 0 aliphatic carbocycles. The van der Waals surface area contributed by atoms with Crippen molar-refractivity contribution in [2.75, 3.05) is 32.7 Å². The Bertz CT molecular complexity index is 671. The van der Waals surface area contributed by atoms with Crippen LogP contribution in [0.15, 0.2) is 29.2 Å². The predicted molar refractivity (Wildman–Crippen MR) is 94.1 cm³/mol. The summed E-state index contributed by atoms with van der Waals surface area (Å²) in [5, 5.41) is 2.95. The lowest BCUT2D eigenvalue weighted by Gasteiger charge is -2.33. The fourth-order valence-electron chi connectivity index (χ4n) is 2.91. The maximum absolute atomic E-state index is 13.0.